The Labute approximate surface area is 114 Å². The van der Waals surface area contributed by atoms with Crippen molar-refractivity contribution in [3.63, 3.8) is 0 Å². The molecule has 0 aliphatic carbocycles. The third kappa shape index (κ3) is 5.26. The summed E-state index contributed by atoms with van der Waals surface area (Å²) in [5.41, 5.74) is 0.299. The van der Waals surface area contributed by atoms with Crippen LogP contribution in [0, 0.1) is 5.92 Å². The largest absolute Gasteiger partial charge is 0.489 e. The molecular weight excluding hydrogens is 244 g/mol. The number of carbonyl (C=O) groups excluding carboxylic acids is 1. The highest BCUT2D eigenvalue weighted by Gasteiger charge is 2.15. The third-order valence-corrected chi connectivity index (χ3v) is 2.58. The average Bonchev–Trinajstić information content (AvgIpc) is 2.36. The molecule has 19 heavy (non-hydrogen) atoms. The van der Waals surface area contributed by atoms with Gasteiger partial charge in [0.1, 0.15) is 0 Å². The van der Waals surface area contributed by atoms with Crippen LogP contribution in [-0.2, 0) is 0 Å². The van der Waals surface area contributed by atoms with Gasteiger partial charge < -0.3 is 15.2 Å². The number of aliphatic hydroxyl groups is 1. The smallest absolute Gasteiger partial charge is 0.273 e. The van der Waals surface area contributed by atoms with E-state index in [9.17, 15) is 4.79 Å². The Hall–Kier alpha value is -1.62. The van der Waals surface area contributed by atoms with Crippen LogP contribution in [0.1, 0.15) is 37.7 Å². The molecule has 2 N–H and O–H groups in total. The van der Waals surface area contributed by atoms with Crippen LogP contribution >= 0.6 is 0 Å². The Kier molecular flexibility index (Phi) is 6.29. The van der Waals surface area contributed by atoms with Crippen LogP contribution in [0.5, 0.6) is 5.75 Å². The van der Waals surface area contributed by atoms with Crippen LogP contribution in [-0.4, -0.2) is 35.3 Å². The van der Waals surface area contributed by atoms with Crippen LogP contribution in [0.3, 0.4) is 0 Å². The zero-order chi connectivity index (χ0) is 14.3. The molecule has 0 aromatic carbocycles. The molecule has 5 nitrogen and oxygen atoms in total. The molecule has 1 atom stereocenters. The lowest BCUT2D eigenvalue weighted by molar-refractivity contribution is 0.0934. The fourth-order valence-corrected chi connectivity index (χ4v) is 1.58. The van der Waals surface area contributed by atoms with Gasteiger partial charge in [-0.15, -0.1) is 0 Å². The van der Waals surface area contributed by atoms with Crippen LogP contribution in [0.25, 0.3) is 0 Å². The summed E-state index contributed by atoms with van der Waals surface area (Å²) >= 11 is 0. The predicted octanol–water partition coefficient (Wildman–Crippen LogP) is 1.62. The molecule has 0 saturated carbocycles. The van der Waals surface area contributed by atoms with Crippen LogP contribution in [0.4, 0.5) is 0 Å². The van der Waals surface area contributed by atoms with Gasteiger partial charge in [-0.05, 0) is 38.3 Å². The van der Waals surface area contributed by atoms with Gasteiger partial charge in [0.25, 0.3) is 5.91 Å². The number of pyridine rings is 1. The minimum Gasteiger partial charge on any atom is -0.489 e. The van der Waals surface area contributed by atoms with Crippen molar-refractivity contribution in [3.05, 3.63) is 24.0 Å². The first kappa shape index (κ1) is 15.4. The quantitative estimate of drug-likeness (QED) is 0.786. The lowest BCUT2D eigenvalue weighted by Crippen LogP contribution is -2.30. The first-order chi connectivity index (χ1) is 9.04. The number of amides is 1. The summed E-state index contributed by atoms with van der Waals surface area (Å²) in [6, 6.07) is 3.47. The maximum atomic E-state index is 12.0. The van der Waals surface area contributed by atoms with Crippen molar-refractivity contribution in [1.82, 2.24) is 10.3 Å². The first-order valence-corrected chi connectivity index (χ1v) is 6.55. The summed E-state index contributed by atoms with van der Waals surface area (Å²) < 4.78 is 5.56. The Balaban J connectivity index is 2.66. The van der Waals surface area contributed by atoms with Crippen molar-refractivity contribution >= 4 is 5.91 Å². The number of rotatable bonds is 7. The van der Waals surface area contributed by atoms with Gasteiger partial charge in [0.05, 0.1) is 6.10 Å². The number of aromatic nitrogens is 1. The number of hydrogen-bond donors (Lipinski definition) is 2. The van der Waals surface area contributed by atoms with Crippen LogP contribution in [0.15, 0.2) is 18.3 Å². The molecule has 106 valence electrons. The molecule has 1 rings (SSSR count). The zero-order valence-corrected chi connectivity index (χ0v) is 11.7. The lowest BCUT2D eigenvalue weighted by atomic mass is 10.1. The standard InChI is InChI=1S/C14H22N2O3/c1-10(2)19-12-5-4-7-15-13(12)14(18)16-9-11(3)6-8-17/h4-5,7,10-11,17H,6,8-9H2,1-3H3,(H,16,18). The molecule has 1 aromatic rings. The molecule has 1 amide bonds. The normalized spacial score (nSPS) is 12.3. The minimum atomic E-state index is -0.249. The summed E-state index contributed by atoms with van der Waals surface area (Å²) in [4.78, 5) is 16.1. The highest BCUT2D eigenvalue weighted by Crippen LogP contribution is 2.16. The highest BCUT2D eigenvalue weighted by atomic mass is 16.5. The van der Waals surface area contributed by atoms with E-state index >= 15 is 0 Å². The molecule has 0 fully saturated rings. The van der Waals surface area contributed by atoms with Gasteiger partial charge in [-0.2, -0.15) is 0 Å². The number of carbonyl (C=O) groups is 1. The summed E-state index contributed by atoms with van der Waals surface area (Å²) in [7, 11) is 0. The number of nitrogens with one attached hydrogen (secondary N) is 1. The SMILES string of the molecule is CC(CCO)CNC(=O)c1ncccc1OC(C)C. The Morgan fingerprint density at radius 1 is 1.47 bits per heavy atom. The van der Waals surface area contributed by atoms with Crippen molar-refractivity contribution in [2.24, 2.45) is 5.92 Å². The van der Waals surface area contributed by atoms with E-state index in [1.807, 2.05) is 20.8 Å². The van der Waals surface area contributed by atoms with Gasteiger partial charge in [0.15, 0.2) is 11.4 Å². The summed E-state index contributed by atoms with van der Waals surface area (Å²) in [6.07, 6.45) is 2.22. The fourth-order valence-electron chi connectivity index (χ4n) is 1.58. The van der Waals surface area contributed by atoms with Crippen molar-refractivity contribution < 1.29 is 14.6 Å². The van der Waals surface area contributed by atoms with E-state index in [1.54, 1.807) is 18.3 Å². The summed E-state index contributed by atoms with van der Waals surface area (Å²) in [5, 5.41) is 11.6. The number of ether oxygens (including phenoxy) is 1. The van der Waals surface area contributed by atoms with Crippen LogP contribution in [0.2, 0.25) is 0 Å². The van der Waals surface area contributed by atoms with Crippen molar-refractivity contribution in [1.29, 1.82) is 0 Å². The topological polar surface area (TPSA) is 71.5 Å². The van der Waals surface area contributed by atoms with E-state index in [0.717, 1.165) is 0 Å². The van der Waals surface area contributed by atoms with Crippen molar-refractivity contribution in [2.45, 2.75) is 33.3 Å². The van der Waals surface area contributed by atoms with Crippen molar-refractivity contribution in [2.75, 3.05) is 13.2 Å². The molecule has 5 heteroatoms. The van der Waals surface area contributed by atoms with Gasteiger partial charge in [-0.1, -0.05) is 6.92 Å². The third-order valence-electron chi connectivity index (χ3n) is 2.58. The molecule has 0 aliphatic rings. The van der Waals surface area contributed by atoms with Gasteiger partial charge in [-0.3, -0.25) is 4.79 Å². The van der Waals surface area contributed by atoms with E-state index in [2.05, 4.69) is 10.3 Å². The van der Waals surface area contributed by atoms with E-state index in [4.69, 9.17) is 9.84 Å². The second-order valence-electron chi connectivity index (χ2n) is 4.84. The molecule has 0 spiro atoms. The average molecular weight is 266 g/mol. The second-order valence-corrected chi connectivity index (χ2v) is 4.84. The fraction of sp³-hybridized carbons (Fsp3) is 0.571. The van der Waals surface area contributed by atoms with E-state index < -0.39 is 0 Å². The predicted molar refractivity (Wildman–Crippen MR) is 73.2 cm³/mol. The summed E-state index contributed by atoms with van der Waals surface area (Å²) in [6.45, 7) is 6.41. The molecule has 0 bridgehead atoms. The second kappa shape index (κ2) is 7.74. The first-order valence-electron chi connectivity index (χ1n) is 6.55. The molecule has 1 unspecified atom stereocenters. The molecule has 1 heterocycles. The Morgan fingerprint density at radius 2 is 2.21 bits per heavy atom. The highest BCUT2D eigenvalue weighted by molar-refractivity contribution is 5.94. The zero-order valence-electron chi connectivity index (χ0n) is 11.7. The van der Waals surface area contributed by atoms with Gasteiger partial charge in [0.2, 0.25) is 0 Å². The molecule has 0 radical (unpaired) electrons. The van der Waals surface area contributed by atoms with Crippen molar-refractivity contribution in [3.8, 4) is 5.75 Å². The minimum absolute atomic E-state index is 0.0101. The summed E-state index contributed by atoms with van der Waals surface area (Å²) in [5.74, 6) is 0.470. The Morgan fingerprint density at radius 3 is 2.84 bits per heavy atom. The molecule has 0 aliphatic heterocycles. The maximum Gasteiger partial charge on any atom is 0.273 e. The van der Waals surface area contributed by atoms with E-state index in [1.165, 1.54) is 0 Å². The van der Waals surface area contributed by atoms with Gasteiger partial charge in [0, 0.05) is 19.3 Å². The number of nitrogens with zero attached hydrogens (tertiary/aromatic N) is 1. The maximum absolute atomic E-state index is 12.0. The number of aliphatic hydroxyl groups excluding tert-OH is 1. The molecular formula is C14H22N2O3. The van der Waals surface area contributed by atoms with Gasteiger partial charge >= 0.3 is 0 Å². The van der Waals surface area contributed by atoms with E-state index in [0.29, 0.717) is 24.4 Å². The van der Waals surface area contributed by atoms with Crippen LogP contribution < -0.4 is 10.1 Å². The lowest BCUT2D eigenvalue weighted by Gasteiger charge is -2.14. The Bertz CT molecular complexity index is 407. The van der Waals surface area contributed by atoms with E-state index in [-0.39, 0.29) is 24.5 Å². The molecule has 0 saturated heterocycles. The number of hydrogen-bond acceptors (Lipinski definition) is 4. The molecule has 1 aromatic heterocycles. The monoisotopic (exact) mass is 266 g/mol. The van der Waals surface area contributed by atoms with Gasteiger partial charge in [-0.25, -0.2) is 4.98 Å².